The number of nitrogens with zero attached hydrogens (tertiary/aromatic N) is 1. The smallest absolute Gasteiger partial charge is 0.353 e. The third kappa shape index (κ3) is 3.08. The molecule has 6 heteroatoms. The second-order valence-corrected chi connectivity index (χ2v) is 7.47. The number of anilines is 1. The van der Waals surface area contributed by atoms with Crippen LogP contribution in [0.1, 0.15) is 22.3 Å². The normalized spacial score (nSPS) is 14.5. The van der Waals surface area contributed by atoms with Crippen LogP contribution in [0.3, 0.4) is 0 Å². The van der Waals surface area contributed by atoms with E-state index in [1.165, 1.54) is 0 Å². The summed E-state index contributed by atoms with van der Waals surface area (Å²) in [4.78, 5) is 14.5. The zero-order valence-corrected chi connectivity index (χ0v) is 17.2. The zero-order valence-electron chi connectivity index (χ0n) is 17.2. The van der Waals surface area contributed by atoms with Crippen molar-refractivity contribution in [3.8, 4) is 17.2 Å². The van der Waals surface area contributed by atoms with E-state index in [0.717, 1.165) is 22.4 Å². The highest BCUT2D eigenvalue weighted by Crippen LogP contribution is 2.46. The van der Waals surface area contributed by atoms with Crippen molar-refractivity contribution >= 4 is 17.2 Å². The molecule has 0 amide bonds. The lowest BCUT2D eigenvalue weighted by atomic mass is 9.87. The maximum Gasteiger partial charge on any atom is 0.353 e. The van der Waals surface area contributed by atoms with Gasteiger partial charge in [-0.15, -0.1) is 0 Å². The summed E-state index contributed by atoms with van der Waals surface area (Å²) in [6.07, 6.45) is 0. The Hall–Kier alpha value is -3.93. The Labute approximate surface area is 179 Å². The maximum absolute atomic E-state index is 12.6. The molecule has 0 saturated heterocycles. The van der Waals surface area contributed by atoms with Gasteiger partial charge in [0.2, 0.25) is 12.5 Å². The van der Waals surface area contributed by atoms with E-state index >= 15 is 0 Å². The van der Waals surface area contributed by atoms with E-state index in [4.69, 9.17) is 14.2 Å². The molecular weight excluding hydrogens is 394 g/mol. The molecule has 2 aliphatic heterocycles. The third-order valence-electron chi connectivity index (χ3n) is 5.68. The number of methoxy groups -OCH3 is 1. The number of hydrogen-bond donors (Lipinski definition) is 1. The van der Waals surface area contributed by atoms with Crippen molar-refractivity contribution in [3.05, 3.63) is 88.6 Å². The van der Waals surface area contributed by atoms with Gasteiger partial charge in [-0.3, -0.25) is 0 Å². The molecule has 3 aromatic rings. The van der Waals surface area contributed by atoms with E-state index in [0.29, 0.717) is 34.9 Å². The van der Waals surface area contributed by atoms with Crippen LogP contribution in [-0.4, -0.2) is 25.0 Å². The van der Waals surface area contributed by atoms with Gasteiger partial charge < -0.3 is 24.2 Å². The SMILES string of the molecule is COc1cc(C2=C(C(=O)O)N(c3ccccc3C)Cc3ccccc32)cc2c1OCO2. The summed E-state index contributed by atoms with van der Waals surface area (Å²) in [7, 11) is 1.56. The van der Waals surface area contributed by atoms with Crippen molar-refractivity contribution in [1.82, 2.24) is 0 Å². The minimum Gasteiger partial charge on any atom is -0.493 e. The first kappa shape index (κ1) is 19.1. The van der Waals surface area contributed by atoms with Gasteiger partial charge in [-0.2, -0.15) is 0 Å². The average molecular weight is 415 g/mol. The van der Waals surface area contributed by atoms with Gasteiger partial charge in [0, 0.05) is 17.8 Å². The van der Waals surface area contributed by atoms with Crippen LogP contribution in [0, 0.1) is 6.92 Å². The van der Waals surface area contributed by atoms with E-state index in [1.807, 2.05) is 72.5 Å². The van der Waals surface area contributed by atoms with Crippen LogP contribution in [-0.2, 0) is 11.3 Å². The molecule has 156 valence electrons. The van der Waals surface area contributed by atoms with Gasteiger partial charge in [0.25, 0.3) is 0 Å². The van der Waals surface area contributed by atoms with Crippen LogP contribution in [0.5, 0.6) is 17.2 Å². The Morgan fingerprint density at radius 3 is 2.61 bits per heavy atom. The second-order valence-electron chi connectivity index (χ2n) is 7.47. The lowest BCUT2D eigenvalue weighted by molar-refractivity contribution is -0.132. The van der Waals surface area contributed by atoms with Gasteiger partial charge in [0.1, 0.15) is 5.70 Å². The minimum absolute atomic E-state index is 0.103. The molecule has 31 heavy (non-hydrogen) atoms. The van der Waals surface area contributed by atoms with Crippen molar-refractivity contribution in [3.63, 3.8) is 0 Å². The number of aliphatic carboxylic acids is 1. The van der Waals surface area contributed by atoms with Crippen LogP contribution in [0.4, 0.5) is 5.69 Å². The first-order valence-electron chi connectivity index (χ1n) is 9.95. The van der Waals surface area contributed by atoms with Crippen molar-refractivity contribution < 1.29 is 24.1 Å². The topological polar surface area (TPSA) is 68.2 Å². The second kappa shape index (κ2) is 7.40. The maximum atomic E-state index is 12.6. The summed E-state index contributed by atoms with van der Waals surface area (Å²) in [5, 5.41) is 10.4. The van der Waals surface area contributed by atoms with Crippen LogP contribution < -0.4 is 19.1 Å². The van der Waals surface area contributed by atoms with Gasteiger partial charge in [-0.1, -0.05) is 42.5 Å². The fourth-order valence-corrected chi connectivity index (χ4v) is 4.27. The molecule has 0 radical (unpaired) electrons. The van der Waals surface area contributed by atoms with E-state index < -0.39 is 5.97 Å². The predicted octanol–water partition coefficient (Wildman–Crippen LogP) is 4.60. The Bertz CT molecular complexity index is 1230. The fourth-order valence-electron chi connectivity index (χ4n) is 4.27. The highest BCUT2D eigenvalue weighted by molar-refractivity contribution is 6.06. The van der Waals surface area contributed by atoms with Crippen LogP contribution in [0.25, 0.3) is 5.57 Å². The summed E-state index contributed by atoms with van der Waals surface area (Å²) in [6, 6.07) is 19.3. The number of carbonyl (C=O) groups is 1. The fraction of sp³-hybridized carbons (Fsp3) is 0.160. The summed E-state index contributed by atoms with van der Waals surface area (Å²) >= 11 is 0. The molecule has 6 nitrogen and oxygen atoms in total. The van der Waals surface area contributed by atoms with Gasteiger partial charge in [0.05, 0.1) is 7.11 Å². The Kier molecular flexibility index (Phi) is 4.55. The summed E-state index contributed by atoms with van der Waals surface area (Å²) in [5.74, 6) is 0.581. The van der Waals surface area contributed by atoms with E-state index in [-0.39, 0.29) is 12.5 Å². The van der Waals surface area contributed by atoms with Gasteiger partial charge in [0.15, 0.2) is 11.5 Å². The van der Waals surface area contributed by atoms with Crippen LogP contribution in [0.2, 0.25) is 0 Å². The van der Waals surface area contributed by atoms with Crippen molar-refractivity contribution in [2.75, 3.05) is 18.8 Å². The number of rotatable bonds is 4. The molecule has 0 aromatic heterocycles. The largest absolute Gasteiger partial charge is 0.493 e. The summed E-state index contributed by atoms with van der Waals surface area (Å²) in [6.45, 7) is 2.55. The first-order chi connectivity index (χ1) is 15.1. The minimum atomic E-state index is -0.996. The van der Waals surface area contributed by atoms with Crippen molar-refractivity contribution in [2.24, 2.45) is 0 Å². The molecule has 0 spiro atoms. The van der Waals surface area contributed by atoms with Gasteiger partial charge >= 0.3 is 5.97 Å². The first-order valence-corrected chi connectivity index (χ1v) is 9.95. The molecule has 0 atom stereocenters. The number of aryl methyl sites for hydroxylation is 1. The average Bonchev–Trinajstić information content (AvgIpc) is 3.26. The van der Waals surface area contributed by atoms with Gasteiger partial charge in [-0.05, 0) is 47.4 Å². The number of hydrogen-bond acceptors (Lipinski definition) is 5. The highest BCUT2D eigenvalue weighted by Gasteiger charge is 2.33. The lowest BCUT2D eigenvalue weighted by Crippen LogP contribution is -2.32. The number of ether oxygens (including phenoxy) is 3. The molecule has 2 aliphatic rings. The van der Waals surface area contributed by atoms with E-state index in [1.54, 1.807) is 7.11 Å². The number of carboxylic acid groups (broad SMARTS) is 1. The molecule has 5 rings (SSSR count). The molecule has 2 heterocycles. The molecule has 0 unspecified atom stereocenters. The molecule has 0 fully saturated rings. The van der Waals surface area contributed by atoms with Crippen molar-refractivity contribution in [1.29, 1.82) is 0 Å². The standard InChI is InChI=1S/C25H21NO5/c1-15-7-3-6-10-19(15)26-13-16-8-4-5-9-18(16)22(23(26)25(27)28)17-11-20(29-2)24-21(12-17)30-14-31-24/h3-12H,13-14H2,1-2H3,(H,27,28). The predicted molar refractivity (Wildman–Crippen MR) is 117 cm³/mol. The monoisotopic (exact) mass is 415 g/mol. The molecule has 0 aliphatic carbocycles. The Morgan fingerprint density at radius 2 is 1.84 bits per heavy atom. The Morgan fingerprint density at radius 1 is 1.06 bits per heavy atom. The molecule has 0 bridgehead atoms. The van der Waals surface area contributed by atoms with Crippen LogP contribution in [0.15, 0.2) is 66.4 Å². The molecule has 1 N–H and O–H groups in total. The zero-order chi connectivity index (χ0) is 21.5. The van der Waals surface area contributed by atoms with Crippen molar-refractivity contribution in [2.45, 2.75) is 13.5 Å². The van der Waals surface area contributed by atoms with Gasteiger partial charge in [-0.25, -0.2) is 4.79 Å². The number of carboxylic acids is 1. The molecule has 3 aromatic carbocycles. The lowest BCUT2D eigenvalue weighted by Gasteiger charge is -2.34. The summed E-state index contributed by atoms with van der Waals surface area (Å²) < 4.78 is 16.6. The summed E-state index contributed by atoms with van der Waals surface area (Å²) in [5.41, 5.74) is 5.32. The third-order valence-corrected chi connectivity index (χ3v) is 5.68. The number of para-hydroxylation sites is 1. The van der Waals surface area contributed by atoms with E-state index in [9.17, 15) is 9.90 Å². The van der Waals surface area contributed by atoms with E-state index in [2.05, 4.69) is 0 Å². The number of fused-ring (bicyclic) bond motifs is 2. The highest BCUT2D eigenvalue weighted by atomic mass is 16.7. The Balaban J connectivity index is 1.82. The molecular formula is C25H21NO5. The van der Waals surface area contributed by atoms with Crippen LogP contribution >= 0.6 is 0 Å². The number of benzene rings is 3. The molecule has 0 saturated carbocycles. The quantitative estimate of drug-likeness (QED) is 0.672.